The van der Waals surface area contributed by atoms with Crippen LogP contribution in [0.5, 0.6) is 51.7 Å². The van der Waals surface area contributed by atoms with E-state index in [1.165, 1.54) is 0 Å². The van der Waals surface area contributed by atoms with Gasteiger partial charge in [0.1, 0.15) is 17.1 Å². The number of nitrogens with zero attached hydrogens (tertiary/aromatic N) is 4. The maximum absolute atomic E-state index is 13.9. The van der Waals surface area contributed by atoms with Crippen LogP contribution in [0.3, 0.4) is 0 Å². The summed E-state index contributed by atoms with van der Waals surface area (Å²) in [4.78, 5) is 38.6. The molecule has 0 atom stereocenters. The Kier molecular flexibility index (Phi) is 7.14. The number of methoxy groups -OCH3 is 1. The summed E-state index contributed by atoms with van der Waals surface area (Å²) in [5.41, 5.74) is -0.119. The minimum absolute atomic E-state index is 0.274. The van der Waals surface area contributed by atoms with Gasteiger partial charge in [-0.25, -0.2) is 9.58 Å². The van der Waals surface area contributed by atoms with Crippen molar-refractivity contribution in [3.8, 4) is 57.4 Å². The maximum atomic E-state index is 13.9. The number of hydrogen-bond donors (Lipinski definition) is 15. The molecular weight excluding hydrogens is 658 g/mol. The van der Waals surface area contributed by atoms with E-state index in [-0.39, 0.29) is 5.56 Å². The number of rotatable bonds is 5. The zero-order chi connectivity index (χ0) is 36.2. The Bertz CT molecular complexity index is 1890. The van der Waals surface area contributed by atoms with Crippen LogP contribution >= 0.6 is 0 Å². The standard InChI is InChI=1S/C25H25N5O18/c1-48-20-18(38)16(36)11(17(37)19(20)39)30-8-5(7(27-30)21(26)40)2-3-28(22(8)41)9-12(32)14(34)10(15(35)13(9)33)29-6(31)4-23(42,43)24(44,45)25(29,46)47/h32-39,42-47H,2-4H2,1H3,(H2,26,40). The van der Waals surface area contributed by atoms with Crippen molar-refractivity contribution >= 4 is 29.1 Å². The van der Waals surface area contributed by atoms with Crippen molar-refractivity contribution in [3.05, 3.63) is 17.0 Å². The van der Waals surface area contributed by atoms with Crippen LogP contribution in [0.4, 0.5) is 11.4 Å². The number of amides is 3. The highest BCUT2D eigenvalue weighted by Gasteiger charge is 2.71. The van der Waals surface area contributed by atoms with Crippen molar-refractivity contribution in [2.75, 3.05) is 23.5 Å². The van der Waals surface area contributed by atoms with E-state index in [2.05, 4.69) is 5.10 Å². The van der Waals surface area contributed by atoms with E-state index in [0.29, 0.717) is 9.58 Å². The lowest BCUT2D eigenvalue weighted by Crippen LogP contribution is -2.79. The molecule has 1 saturated heterocycles. The van der Waals surface area contributed by atoms with Crippen LogP contribution in [0.25, 0.3) is 5.69 Å². The van der Waals surface area contributed by atoms with Crippen LogP contribution in [0, 0.1) is 0 Å². The van der Waals surface area contributed by atoms with Gasteiger partial charge in [-0.15, -0.1) is 0 Å². The minimum atomic E-state index is -4.49. The third-order valence-electron chi connectivity index (χ3n) is 7.82. The fourth-order valence-electron chi connectivity index (χ4n) is 5.42. The van der Waals surface area contributed by atoms with Gasteiger partial charge in [-0.2, -0.15) is 5.10 Å². The number of primary amides is 1. The van der Waals surface area contributed by atoms with Crippen LogP contribution in [-0.4, -0.2) is 130 Å². The molecule has 0 bridgehead atoms. The van der Waals surface area contributed by atoms with Gasteiger partial charge in [0, 0.05) is 12.1 Å². The normalized spacial score (nSPS) is 18.1. The molecule has 0 radical (unpaired) electrons. The average molecular weight is 683 g/mol. The van der Waals surface area contributed by atoms with Crippen molar-refractivity contribution < 1.29 is 90.6 Å². The first-order chi connectivity index (χ1) is 22.1. The number of anilines is 2. The zero-order valence-electron chi connectivity index (χ0n) is 23.9. The summed E-state index contributed by atoms with van der Waals surface area (Å²) in [6, 6.07) is 0. The van der Waals surface area contributed by atoms with Crippen molar-refractivity contribution in [1.82, 2.24) is 9.78 Å². The van der Waals surface area contributed by atoms with Gasteiger partial charge in [0.2, 0.25) is 28.9 Å². The summed E-state index contributed by atoms with van der Waals surface area (Å²) >= 11 is 0. The number of phenols is 8. The first kappa shape index (κ1) is 33.4. The Morgan fingerprint density at radius 2 is 1.25 bits per heavy atom. The van der Waals surface area contributed by atoms with E-state index >= 15 is 0 Å². The van der Waals surface area contributed by atoms with Gasteiger partial charge in [0.05, 0.1) is 13.5 Å². The van der Waals surface area contributed by atoms with Crippen molar-refractivity contribution in [1.29, 1.82) is 0 Å². The molecule has 1 fully saturated rings. The molecule has 23 heteroatoms. The molecule has 0 saturated carbocycles. The van der Waals surface area contributed by atoms with Crippen molar-refractivity contribution in [3.63, 3.8) is 0 Å². The predicted molar refractivity (Wildman–Crippen MR) is 147 cm³/mol. The summed E-state index contributed by atoms with van der Waals surface area (Å²) in [5, 5.41) is 150. The number of carbonyl (C=O) groups excluding carboxylic acids is 3. The highest BCUT2D eigenvalue weighted by molar-refractivity contribution is 6.12. The number of phenolic OH excluding ortho intramolecular Hbond substituents is 8. The Hall–Kier alpha value is -5.98. The molecule has 3 heterocycles. The summed E-state index contributed by atoms with van der Waals surface area (Å²) in [6.07, 6.45) is -2.18. The lowest BCUT2D eigenvalue weighted by Gasteiger charge is -2.51. The van der Waals surface area contributed by atoms with Gasteiger partial charge in [-0.1, -0.05) is 0 Å². The summed E-state index contributed by atoms with van der Waals surface area (Å²) in [5.74, 6) is -29.7. The highest BCUT2D eigenvalue weighted by atomic mass is 16.7. The SMILES string of the molecule is COc1c(O)c(O)c(-n2nc(C(N)=O)c3c2C(=O)N(c2c(O)c(O)c(N4C(=O)CC(O)(O)C(O)(O)C4(O)O)c(O)c2O)CC3)c(O)c1O. The van der Waals surface area contributed by atoms with Crippen molar-refractivity contribution in [2.24, 2.45) is 5.73 Å². The van der Waals surface area contributed by atoms with Gasteiger partial charge in [0.25, 0.3) is 17.6 Å². The summed E-state index contributed by atoms with van der Waals surface area (Å²) in [6.45, 7) is -0.644. The monoisotopic (exact) mass is 683 g/mol. The van der Waals surface area contributed by atoms with Gasteiger partial charge >= 0.3 is 5.91 Å². The molecule has 16 N–H and O–H groups in total. The van der Waals surface area contributed by atoms with E-state index in [1.54, 1.807) is 0 Å². The molecule has 2 aliphatic heterocycles. The Labute approximate surface area is 263 Å². The van der Waals surface area contributed by atoms with E-state index in [1.807, 2.05) is 0 Å². The number of nitrogens with two attached hydrogens (primary N) is 1. The molecule has 0 unspecified atom stereocenters. The topological polar surface area (TPSA) is 394 Å². The average Bonchev–Trinajstić information content (AvgIpc) is 3.38. The summed E-state index contributed by atoms with van der Waals surface area (Å²) in [7, 11) is 0.948. The van der Waals surface area contributed by atoms with E-state index in [9.17, 15) is 85.9 Å². The zero-order valence-corrected chi connectivity index (χ0v) is 23.9. The predicted octanol–water partition coefficient (Wildman–Crippen LogP) is -4.44. The number of ether oxygens (including phenoxy) is 1. The second-order valence-electron chi connectivity index (χ2n) is 10.6. The van der Waals surface area contributed by atoms with Gasteiger partial charge in [-0.3, -0.25) is 19.3 Å². The third kappa shape index (κ3) is 4.09. The molecule has 2 aromatic carbocycles. The molecular formula is C25H25N5O18. The highest BCUT2D eigenvalue weighted by Crippen LogP contribution is 2.59. The molecule has 1 aromatic heterocycles. The van der Waals surface area contributed by atoms with Crippen molar-refractivity contribution in [2.45, 2.75) is 30.3 Å². The molecule has 3 aromatic rings. The number of fused-ring (bicyclic) bond motifs is 1. The molecule has 2 aliphatic rings. The van der Waals surface area contributed by atoms with Crippen LogP contribution < -0.4 is 20.3 Å². The Balaban J connectivity index is 1.72. The molecule has 0 aliphatic carbocycles. The first-order valence-electron chi connectivity index (χ1n) is 13.0. The fourth-order valence-corrected chi connectivity index (χ4v) is 5.42. The number of aliphatic hydroxyl groups is 6. The van der Waals surface area contributed by atoms with E-state index in [4.69, 9.17) is 10.5 Å². The number of aromatic hydroxyl groups is 8. The number of hydrogen-bond acceptors (Lipinski definition) is 19. The number of aromatic nitrogens is 2. The smallest absolute Gasteiger partial charge is 0.316 e. The van der Waals surface area contributed by atoms with Crippen LogP contribution in [0.15, 0.2) is 0 Å². The minimum Gasteiger partial charge on any atom is -0.503 e. The fraction of sp³-hybridized carbons (Fsp3) is 0.280. The Morgan fingerprint density at radius 3 is 1.73 bits per heavy atom. The Morgan fingerprint density at radius 1 is 0.771 bits per heavy atom. The molecule has 258 valence electrons. The molecule has 0 spiro atoms. The number of piperidine rings is 1. The second-order valence-corrected chi connectivity index (χ2v) is 10.6. The lowest BCUT2D eigenvalue weighted by molar-refractivity contribution is -0.455. The first-order valence-corrected chi connectivity index (χ1v) is 13.0. The van der Waals surface area contributed by atoms with Crippen LogP contribution in [-0.2, 0) is 11.2 Å². The summed E-state index contributed by atoms with van der Waals surface area (Å²) < 4.78 is 5.07. The number of carbonyl (C=O) groups is 3. The quantitative estimate of drug-likeness (QED) is 0.0685. The van der Waals surface area contributed by atoms with Gasteiger partial charge < -0.3 is 82.0 Å². The van der Waals surface area contributed by atoms with Crippen LogP contribution in [0.1, 0.15) is 33.0 Å². The maximum Gasteiger partial charge on any atom is 0.316 e. The van der Waals surface area contributed by atoms with E-state index in [0.717, 1.165) is 7.11 Å². The van der Waals surface area contributed by atoms with Gasteiger partial charge in [0.15, 0.2) is 45.9 Å². The number of benzene rings is 2. The van der Waals surface area contributed by atoms with E-state index < -0.39 is 140 Å². The molecule has 5 rings (SSSR count). The molecule has 3 amide bonds. The third-order valence-corrected chi connectivity index (χ3v) is 7.82. The lowest BCUT2D eigenvalue weighted by atomic mass is 9.91. The van der Waals surface area contributed by atoms with Gasteiger partial charge in [-0.05, 0) is 6.42 Å². The molecule has 23 nitrogen and oxygen atoms in total. The largest absolute Gasteiger partial charge is 0.503 e. The van der Waals surface area contributed by atoms with Crippen LogP contribution in [0.2, 0.25) is 0 Å². The molecule has 48 heavy (non-hydrogen) atoms. The second kappa shape index (κ2) is 10.3.